The second-order valence-corrected chi connectivity index (χ2v) is 5.26. The molecule has 0 aromatic heterocycles. The van der Waals surface area contributed by atoms with Crippen molar-refractivity contribution in [3.05, 3.63) is 53.6 Å². The molecule has 8 heteroatoms. The topological polar surface area (TPSA) is 56.8 Å². The molecule has 140 valence electrons. The molecule has 0 heterocycles. The molecular weight excluding hydrogens is 351 g/mol. The zero-order valence-corrected chi connectivity index (χ0v) is 14.2. The Kier molecular flexibility index (Phi) is 6.32. The summed E-state index contributed by atoms with van der Waals surface area (Å²) in [4.78, 5) is 12.2. The Morgan fingerprint density at radius 2 is 1.65 bits per heavy atom. The summed E-state index contributed by atoms with van der Waals surface area (Å²) in [5, 5.41) is 2.74. The molecule has 0 aliphatic carbocycles. The van der Waals surface area contributed by atoms with Crippen molar-refractivity contribution in [3.63, 3.8) is 0 Å². The summed E-state index contributed by atoms with van der Waals surface area (Å²) in [5.74, 6) is 0.352. The number of ether oxygens (including phenoxy) is 3. The number of carbonyl (C=O) groups excluding carboxylic acids is 1. The molecule has 0 atom stereocenters. The van der Waals surface area contributed by atoms with Gasteiger partial charge >= 0.3 is 6.36 Å². The molecule has 0 radical (unpaired) electrons. The minimum Gasteiger partial charge on any atom is -0.497 e. The third kappa shape index (κ3) is 5.58. The SMILES string of the molecule is COc1ccc(C(=O)NCCc2ccc(OC(F)(F)F)cc2)c(OC)c1. The quantitative estimate of drug-likeness (QED) is 0.811. The van der Waals surface area contributed by atoms with Gasteiger partial charge in [0.2, 0.25) is 0 Å². The van der Waals surface area contributed by atoms with Gasteiger partial charge in [0, 0.05) is 12.6 Å². The number of benzene rings is 2. The van der Waals surface area contributed by atoms with Crippen LogP contribution in [0.4, 0.5) is 13.2 Å². The van der Waals surface area contributed by atoms with E-state index < -0.39 is 6.36 Å². The number of rotatable bonds is 7. The average Bonchev–Trinajstić information content (AvgIpc) is 2.61. The van der Waals surface area contributed by atoms with Crippen molar-refractivity contribution in [1.29, 1.82) is 0 Å². The maximum absolute atomic E-state index is 12.2. The van der Waals surface area contributed by atoms with Crippen LogP contribution in [0.1, 0.15) is 15.9 Å². The number of methoxy groups -OCH3 is 2. The molecule has 26 heavy (non-hydrogen) atoms. The summed E-state index contributed by atoms with van der Waals surface area (Å²) in [7, 11) is 2.97. The van der Waals surface area contributed by atoms with Gasteiger partial charge < -0.3 is 19.5 Å². The molecule has 0 unspecified atom stereocenters. The molecule has 0 bridgehead atoms. The predicted molar refractivity (Wildman–Crippen MR) is 88.7 cm³/mol. The minimum atomic E-state index is -4.72. The summed E-state index contributed by atoms with van der Waals surface area (Å²) in [6.07, 6.45) is -4.26. The van der Waals surface area contributed by atoms with Crippen molar-refractivity contribution < 1.29 is 32.2 Å². The molecule has 2 rings (SSSR count). The summed E-state index contributed by atoms with van der Waals surface area (Å²) < 4.78 is 50.4. The Bertz CT molecular complexity index is 745. The van der Waals surface area contributed by atoms with E-state index in [1.807, 2.05) is 0 Å². The first-order valence-corrected chi connectivity index (χ1v) is 7.67. The van der Waals surface area contributed by atoms with Gasteiger partial charge in [-0.05, 0) is 36.2 Å². The molecule has 1 N–H and O–H groups in total. The number of hydrogen-bond donors (Lipinski definition) is 1. The summed E-state index contributed by atoms with van der Waals surface area (Å²) >= 11 is 0. The van der Waals surface area contributed by atoms with Crippen LogP contribution in [-0.2, 0) is 6.42 Å². The molecule has 0 spiro atoms. The monoisotopic (exact) mass is 369 g/mol. The fraction of sp³-hybridized carbons (Fsp3) is 0.278. The van der Waals surface area contributed by atoms with E-state index in [1.165, 1.54) is 38.5 Å². The lowest BCUT2D eigenvalue weighted by molar-refractivity contribution is -0.274. The zero-order chi connectivity index (χ0) is 19.2. The van der Waals surface area contributed by atoms with Crippen LogP contribution in [0.2, 0.25) is 0 Å². The number of carbonyl (C=O) groups is 1. The molecule has 0 fully saturated rings. The van der Waals surface area contributed by atoms with Gasteiger partial charge in [-0.1, -0.05) is 12.1 Å². The van der Waals surface area contributed by atoms with Crippen molar-refractivity contribution in [2.75, 3.05) is 20.8 Å². The number of amides is 1. The van der Waals surface area contributed by atoms with E-state index in [0.29, 0.717) is 30.0 Å². The van der Waals surface area contributed by atoms with Crippen LogP contribution in [0, 0.1) is 0 Å². The van der Waals surface area contributed by atoms with E-state index in [4.69, 9.17) is 9.47 Å². The second kappa shape index (κ2) is 8.46. The van der Waals surface area contributed by atoms with Gasteiger partial charge in [0.05, 0.1) is 19.8 Å². The zero-order valence-electron chi connectivity index (χ0n) is 14.2. The standard InChI is InChI=1S/C18H18F3NO4/c1-24-14-7-8-15(16(11-14)25-2)17(23)22-10-9-12-3-5-13(6-4-12)26-18(19,20)21/h3-8,11H,9-10H2,1-2H3,(H,22,23). The van der Waals surface area contributed by atoms with Gasteiger partial charge in [-0.3, -0.25) is 4.79 Å². The molecule has 1 amide bonds. The summed E-state index contributed by atoms with van der Waals surface area (Å²) in [6, 6.07) is 10.3. The van der Waals surface area contributed by atoms with Gasteiger partial charge in [-0.25, -0.2) is 0 Å². The highest BCUT2D eigenvalue weighted by molar-refractivity contribution is 5.97. The van der Waals surface area contributed by atoms with Crippen LogP contribution < -0.4 is 19.5 Å². The van der Waals surface area contributed by atoms with E-state index >= 15 is 0 Å². The molecule has 0 saturated heterocycles. The second-order valence-electron chi connectivity index (χ2n) is 5.26. The fourth-order valence-electron chi connectivity index (χ4n) is 2.26. The van der Waals surface area contributed by atoms with Crippen molar-refractivity contribution >= 4 is 5.91 Å². The van der Waals surface area contributed by atoms with E-state index in [2.05, 4.69) is 10.1 Å². The lowest BCUT2D eigenvalue weighted by atomic mass is 10.1. The van der Waals surface area contributed by atoms with Gasteiger partial charge in [-0.2, -0.15) is 0 Å². The average molecular weight is 369 g/mol. The van der Waals surface area contributed by atoms with Crippen LogP contribution >= 0.6 is 0 Å². The van der Waals surface area contributed by atoms with E-state index in [9.17, 15) is 18.0 Å². The highest BCUT2D eigenvalue weighted by Gasteiger charge is 2.30. The Balaban J connectivity index is 1.90. The first-order valence-electron chi connectivity index (χ1n) is 7.67. The molecule has 2 aromatic carbocycles. The minimum absolute atomic E-state index is 0.284. The molecule has 0 aliphatic heterocycles. The smallest absolute Gasteiger partial charge is 0.497 e. The molecule has 5 nitrogen and oxygen atoms in total. The van der Waals surface area contributed by atoms with Gasteiger partial charge in [0.15, 0.2) is 0 Å². The van der Waals surface area contributed by atoms with Crippen LogP contribution in [0.25, 0.3) is 0 Å². The van der Waals surface area contributed by atoms with Crippen LogP contribution in [0.3, 0.4) is 0 Å². The number of halogens is 3. The largest absolute Gasteiger partial charge is 0.573 e. The third-order valence-corrected chi connectivity index (χ3v) is 3.51. The van der Waals surface area contributed by atoms with E-state index in [0.717, 1.165) is 5.56 Å². The van der Waals surface area contributed by atoms with Gasteiger partial charge in [0.25, 0.3) is 5.91 Å². The van der Waals surface area contributed by atoms with E-state index in [1.54, 1.807) is 18.2 Å². The fourth-order valence-corrected chi connectivity index (χ4v) is 2.26. The van der Waals surface area contributed by atoms with E-state index in [-0.39, 0.29) is 11.7 Å². The first-order chi connectivity index (χ1) is 12.3. The Morgan fingerprint density at radius 1 is 1.00 bits per heavy atom. The molecule has 2 aromatic rings. The number of nitrogens with one attached hydrogen (secondary N) is 1. The third-order valence-electron chi connectivity index (χ3n) is 3.51. The van der Waals surface area contributed by atoms with Crippen LogP contribution in [-0.4, -0.2) is 33.0 Å². The highest BCUT2D eigenvalue weighted by atomic mass is 19.4. The summed E-state index contributed by atoms with van der Waals surface area (Å²) in [6.45, 7) is 0.313. The maximum Gasteiger partial charge on any atom is 0.573 e. The van der Waals surface area contributed by atoms with Gasteiger partial charge in [0.1, 0.15) is 17.2 Å². The van der Waals surface area contributed by atoms with Crippen molar-refractivity contribution in [2.45, 2.75) is 12.8 Å². The number of alkyl halides is 3. The van der Waals surface area contributed by atoms with Crippen molar-refractivity contribution in [3.8, 4) is 17.2 Å². The lowest BCUT2D eigenvalue weighted by Gasteiger charge is -2.11. The van der Waals surface area contributed by atoms with Crippen molar-refractivity contribution in [1.82, 2.24) is 5.32 Å². The van der Waals surface area contributed by atoms with Crippen LogP contribution in [0.15, 0.2) is 42.5 Å². The Hall–Kier alpha value is -2.90. The first kappa shape index (κ1) is 19.4. The Labute approximate surface area is 148 Å². The highest BCUT2D eigenvalue weighted by Crippen LogP contribution is 2.25. The summed E-state index contributed by atoms with van der Waals surface area (Å²) in [5.41, 5.74) is 1.13. The van der Waals surface area contributed by atoms with Gasteiger partial charge in [-0.15, -0.1) is 13.2 Å². The lowest BCUT2D eigenvalue weighted by Crippen LogP contribution is -2.26. The normalized spacial score (nSPS) is 11.0. The molecule has 0 aliphatic rings. The maximum atomic E-state index is 12.2. The Morgan fingerprint density at radius 3 is 2.23 bits per heavy atom. The number of hydrogen-bond acceptors (Lipinski definition) is 4. The van der Waals surface area contributed by atoms with Crippen molar-refractivity contribution in [2.24, 2.45) is 0 Å². The molecule has 0 saturated carbocycles. The van der Waals surface area contributed by atoms with Crippen LogP contribution in [0.5, 0.6) is 17.2 Å². The molecular formula is C18H18F3NO4. The predicted octanol–water partition coefficient (Wildman–Crippen LogP) is 3.57.